The monoisotopic (exact) mass is 338 g/mol. The number of methoxy groups -OCH3 is 1. The first-order chi connectivity index (χ1) is 11.4. The minimum Gasteiger partial charge on any atom is -0.465 e. The summed E-state index contributed by atoms with van der Waals surface area (Å²) in [6.45, 7) is 0.674. The number of halogens is 3. The molecule has 3 rings (SSSR count). The summed E-state index contributed by atoms with van der Waals surface area (Å²) >= 11 is 0. The number of alkyl halides is 3. The van der Waals surface area contributed by atoms with E-state index in [1.165, 1.54) is 13.3 Å². The van der Waals surface area contributed by atoms with Crippen LogP contribution >= 0.6 is 0 Å². The lowest BCUT2D eigenvalue weighted by Crippen LogP contribution is -2.39. The van der Waals surface area contributed by atoms with Gasteiger partial charge in [0, 0.05) is 24.7 Å². The van der Waals surface area contributed by atoms with Gasteiger partial charge in [0.05, 0.1) is 29.8 Å². The number of aromatic nitrogens is 1. The van der Waals surface area contributed by atoms with Gasteiger partial charge < -0.3 is 9.64 Å². The van der Waals surface area contributed by atoms with Gasteiger partial charge in [-0.1, -0.05) is 12.1 Å². The largest absolute Gasteiger partial charge is 0.465 e. The number of hydrogen-bond donors (Lipinski definition) is 0. The molecular weight excluding hydrogens is 321 g/mol. The van der Waals surface area contributed by atoms with Crippen LogP contribution in [0, 0.1) is 5.92 Å². The average Bonchev–Trinajstić information content (AvgIpc) is 2.59. The van der Waals surface area contributed by atoms with E-state index in [9.17, 15) is 18.0 Å². The molecule has 2 aromatic rings. The van der Waals surface area contributed by atoms with Crippen LogP contribution in [-0.2, 0) is 4.74 Å². The van der Waals surface area contributed by atoms with Crippen LogP contribution in [0.5, 0.6) is 0 Å². The van der Waals surface area contributed by atoms with Gasteiger partial charge in [-0.25, -0.2) is 4.79 Å². The number of esters is 1. The summed E-state index contributed by atoms with van der Waals surface area (Å²) in [6.07, 6.45) is -2.53. The van der Waals surface area contributed by atoms with Crippen molar-refractivity contribution in [3.8, 4) is 0 Å². The number of ether oxygens (including phenoxy) is 1. The summed E-state index contributed by atoms with van der Waals surface area (Å²) in [5, 5.41) is 0.758. The average molecular weight is 338 g/mol. The zero-order valence-corrected chi connectivity index (χ0v) is 13.1. The third-order valence-corrected chi connectivity index (χ3v) is 4.41. The molecule has 2 heterocycles. The Morgan fingerprint density at radius 1 is 1.29 bits per heavy atom. The van der Waals surface area contributed by atoms with E-state index in [1.54, 1.807) is 6.07 Å². The van der Waals surface area contributed by atoms with Crippen molar-refractivity contribution in [1.29, 1.82) is 0 Å². The molecule has 1 fully saturated rings. The second kappa shape index (κ2) is 6.30. The zero-order chi connectivity index (χ0) is 17.3. The summed E-state index contributed by atoms with van der Waals surface area (Å²) in [4.78, 5) is 17.8. The Labute approximate surface area is 137 Å². The first-order valence-electron chi connectivity index (χ1n) is 7.69. The van der Waals surface area contributed by atoms with E-state index in [4.69, 9.17) is 0 Å². The molecule has 0 unspecified atom stereocenters. The number of piperidine rings is 1. The molecule has 0 spiro atoms. The summed E-state index contributed by atoms with van der Waals surface area (Å²) in [5.74, 6) is -1.71. The second-order valence-corrected chi connectivity index (χ2v) is 5.87. The Hall–Kier alpha value is -2.31. The van der Waals surface area contributed by atoms with Crippen LogP contribution < -0.4 is 4.90 Å². The number of benzene rings is 1. The highest BCUT2D eigenvalue weighted by atomic mass is 19.4. The van der Waals surface area contributed by atoms with Crippen LogP contribution in [-0.4, -0.2) is 37.3 Å². The molecular formula is C17H17F3N2O2. The molecule has 0 aliphatic carbocycles. The second-order valence-electron chi connectivity index (χ2n) is 5.87. The maximum Gasteiger partial charge on any atom is 0.391 e. The molecule has 1 aliphatic heterocycles. The highest BCUT2D eigenvalue weighted by Crippen LogP contribution is 2.36. The summed E-state index contributed by atoms with van der Waals surface area (Å²) < 4.78 is 43.1. The topological polar surface area (TPSA) is 42.4 Å². The van der Waals surface area contributed by atoms with Crippen molar-refractivity contribution in [1.82, 2.24) is 4.98 Å². The zero-order valence-electron chi connectivity index (χ0n) is 13.1. The van der Waals surface area contributed by atoms with Crippen LogP contribution in [0.4, 0.5) is 18.9 Å². The number of hydrogen-bond acceptors (Lipinski definition) is 4. The van der Waals surface area contributed by atoms with Crippen molar-refractivity contribution >= 4 is 22.6 Å². The van der Waals surface area contributed by atoms with Crippen molar-refractivity contribution in [3.63, 3.8) is 0 Å². The van der Waals surface area contributed by atoms with Gasteiger partial charge in [0.25, 0.3) is 0 Å². The molecule has 0 amide bonds. The Morgan fingerprint density at radius 3 is 2.62 bits per heavy atom. The van der Waals surface area contributed by atoms with E-state index in [2.05, 4.69) is 9.72 Å². The summed E-state index contributed by atoms with van der Waals surface area (Å²) in [7, 11) is 1.30. The third kappa shape index (κ3) is 3.16. The van der Waals surface area contributed by atoms with Crippen molar-refractivity contribution in [2.24, 2.45) is 5.92 Å². The SMILES string of the molecule is COC(=O)c1cnc2c(N3CCC(C(F)(F)F)CC3)cccc2c1. The number of rotatable bonds is 2. The van der Waals surface area contributed by atoms with Crippen LogP contribution in [0.15, 0.2) is 30.5 Å². The van der Waals surface area contributed by atoms with Crippen LogP contribution in [0.2, 0.25) is 0 Å². The molecule has 1 saturated heterocycles. The highest BCUT2D eigenvalue weighted by molar-refractivity contribution is 5.97. The van der Waals surface area contributed by atoms with Gasteiger partial charge in [-0.15, -0.1) is 0 Å². The van der Waals surface area contributed by atoms with Crippen LogP contribution in [0.1, 0.15) is 23.2 Å². The van der Waals surface area contributed by atoms with Gasteiger partial charge in [-0.05, 0) is 25.0 Å². The Balaban J connectivity index is 1.87. The van der Waals surface area contributed by atoms with Crippen molar-refractivity contribution in [2.45, 2.75) is 19.0 Å². The van der Waals surface area contributed by atoms with E-state index < -0.39 is 18.1 Å². The van der Waals surface area contributed by atoms with E-state index >= 15 is 0 Å². The maximum atomic E-state index is 12.8. The third-order valence-electron chi connectivity index (χ3n) is 4.41. The maximum absolute atomic E-state index is 12.8. The smallest absolute Gasteiger partial charge is 0.391 e. The molecule has 0 N–H and O–H groups in total. The normalized spacial score (nSPS) is 16.4. The van der Waals surface area contributed by atoms with Gasteiger partial charge in [-0.2, -0.15) is 13.2 Å². The van der Waals surface area contributed by atoms with E-state index in [0.29, 0.717) is 24.2 Å². The number of para-hydroxylation sites is 1. The summed E-state index contributed by atoms with van der Waals surface area (Å²) in [6, 6.07) is 7.16. The Morgan fingerprint density at radius 2 is 2.00 bits per heavy atom. The number of carbonyl (C=O) groups excluding carboxylic acids is 1. The minimum atomic E-state index is -4.13. The van der Waals surface area contributed by atoms with Crippen molar-refractivity contribution in [3.05, 3.63) is 36.0 Å². The Kier molecular flexibility index (Phi) is 4.34. The number of fused-ring (bicyclic) bond motifs is 1. The van der Waals surface area contributed by atoms with E-state index in [1.807, 2.05) is 23.1 Å². The molecule has 0 atom stereocenters. The number of carbonyl (C=O) groups is 1. The predicted octanol–water partition coefficient (Wildman–Crippen LogP) is 3.80. The molecule has 1 aromatic carbocycles. The van der Waals surface area contributed by atoms with Gasteiger partial charge >= 0.3 is 12.1 Å². The molecule has 7 heteroatoms. The van der Waals surface area contributed by atoms with Crippen LogP contribution in [0.3, 0.4) is 0 Å². The lowest BCUT2D eigenvalue weighted by atomic mass is 9.95. The van der Waals surface area contributed by atoms with Crippen molar-refractivity contribution < 1.29 is 22.7 Å². The molecule has 4 nitrogen and oxygen atoms in total. The van der Waals surface area contributed by atoms with E-state index in [0.717, 1.165) is 11.1 Å². The fourth-order valence-electron chi connectivity index (χ4n) is 3.08. The molecule has 0 bridgehead atoms. The first kappa shape index (κ1) is 16.5. The minimum absolute atomic E-state index is 0.0835. The van der Waals surface area contributed by atoms with Gasteiger partial charge in [0.1, 0.15) is 0 Å². The molecule has 1 aromatic heterocycles. The lowest BCUT2D eigenvalue weighted by molar-refractivity contribution is -0.179. The van der Waals surface area contributed by atoms with Crippen LogP contribution in [0.25, 0.3) is 10.9 Å². The van der Waals surface area contributed by atoms with Gasteiger partial charge in [-0.3, -0.25) is 4.98 Å². The molecule has 128 valence electrons. The quantitative estimate of drug-likeness (QED) is 0.781. The van der Waals surface area contributed by atoms with Crippen molar-refractivity contribution in [2.75, 3.05) is 25.1 Å². The fraction of sp³-hybridized carbons (Fsp3) is 0.412. The molecule has 0 radical (unpaired) electrons. The van der Waals surface area contributed by atoms with E-state index in [-0.39, 0.29) is 12.8 Å². The Bertz CT molecular complexity index is 753. The summed E-state index contributed by atoms with van der Waals surface area (Å²) in [5.41, 5.74) is 1.82. The molecule has 1 aliphatic rings. The number of anilines is 1. The number of nitrogens with zero attached hydrogens (tertiary/aromatic N) is 2. The fourth-order valence-corrected chi connectivity index (χ4v) is 3.08. The molecule has 24 heavy (non-hydrogen) atoms. The number of pyridine rings is 1. The molecule has 0 saturated carbocycles. The van der Waals surface area contributed by atoms with Gasteiger partial charge in [0.15, 0.2) is 0 Å². The predicted molar refractivity (Wildman–Crippen MR) is 84.1 cm³/mol. The highest BCUT2D eigenvalue weighted by Gasteiger charge is 2.41. The lowest BCUT2D eigenvalue weighted by Gasteiger charge is -2.34. The standard InChI is InChI=1S/C17H17F3N2O2/c1-24-16(23)12-9-11-3-2-4-14(15(11)21-10-12)22-7-5-13(6-8-22)17(18,19)20/h2-4,9-10,13H,5-8H2,1H3. The first-order valence-corrected chi connectivity index (χ1v) is 7.69. The van der Waals surface area contributed by atoms with Gasteiger partial charge in [0.2, 0.25) is 0 Å².